The summed E-state index contributed by atoms with van der Waals surface area (Å²) in [5.74, 6) is 0. The lowest BCUT2D eigenvalue weighted by molar-refractivity contribution is 0.601. The third kappa shape index (κ3) is 2.83. The molecular formula is C16H15N3O4S. The van der Waals surface area contributed by atoms with Crippen molar-refractivity contribution in [2.75, 3.05) is 4.72 Å². The van der Waals surface area contributed by atoms with E-state index in [4.69, 9.17) is 0 Å². The summed E-state index contributed by atoms with van der Waals surface area (Å²) >= 11 is 0. The van der Waals surface area contributed by atoms with Crippen molar-refractivity contribution in [3.63, 3.8) is 0 Å². The topological polar surface area (TPSA) is 112 Å². The molecule has 0 aliphatic heterocycles. The summed E-state index contributed by atoms with van der Waals surface area (Å²) in [6.07, 6.45) is 0. The number of aryl methyl sites for hydroxylation is 1. The smallest absolute Gasteiger partial charge is 0.314 e. The highest BCUT2D eigenvalue weighted by Crippen LogP contribution is 2.23. The van der Waals surface area contributed by atoms with Crippen LogP contribution < -0.4 is 15.8 Å². The quantitative estimate of drug-likeness (QED) is 0.626. The van der Waals surface area contributed by atoms with Crippen molar-refractivity contribution in [3.8, 4) is 0 Å². The molecule has 2 aromatic carbocycles. The van der Waals surface area contributed by atoms with Gasteiger partial charge in [0.2, 0.25) is 0 Å². The first-order valence-corrected chi connectivity index (χ1v) is 8.62. The van der Waals surface area contributed by atoms with E-state index < -0.39 is 21.1 Å². The number of aromatic amines is 2. The largest absolute Gasteiger partial charge is 0.316 e. The van der Waals surface area contributed by atoms with Crippen molar-refractivity contribution >= 4 is 26.7 Å². The summed E-state index contributed by atoms with van der Waals surface area (Å²) in [5, 5.41) is 0. The van der Waals surface area contributed by atoms with Crippen LogP contribution in [0.1, 0.15) is 11.1 Å². The third-order valence-corrected chi connectivity index (χ3v) is 5.22. The maximum atomic E-state index is 12.6. The molecule has 0 saturated carbocycles. The SMILES string of the molecule is Cc1cccc(NS(=O)(=O)c2ccc3[nH]c(=O)c(=O)[nH]c3c2)c1C. The maximum Gasteiger partial charge on any atom is 0.314 e. The van der Waals surface area contributed by atoms with Crippen LogP contribution in [0.2, 0.25) is 0 Å². The Hall–Kier alpha value is -2.87. The van der Waals surface area contributed by atoms with Crippen LogP contribution in [-0.4, -0.2) is 18.4 Å². The summed E-state index contributed by atoms with van der Waals surface area (Å²) in [6, 6.07) is 9.45. The summed E-state index contributed by atoms with van der Waals surface area (Å²) in [4.78, 5) is 27.4. The first-order valence-electron chi connectivity index (χ1n) is 7.13. The molecule has 0 unspecified atom stereocenters. The Labute approximate surface area is 137 Å². The number of nitrogens with one attached hydrogen (secondary N) is 3. The van der Waals surface area contributed by atoms with E-state index in [1.165, 1.54) is 18.2 Å². The fourth-order valence-corrected chi connectivity index (χ4v) is 3.48. The van der Waals surface area contributed by atoms with E-state index in [9.17, 15) is 18.0 Å². The Bertz CT molecular complexity index is 1160. The van der Waals surface area contributed by atoms with Gasteiger partial charge in [-0.1, -0.05) is 12.1 Å². The lowest BCUT2D eigenvalue weighted by Gasteiger charge is -2.12. The molecule has 7 nitrogen and oxygen atoms in total. The van der Waals surface area contributed by atoms with Crippen molar-refractivity contribution in [3.05, 3.63) is 68.2 Å². The molecule has 1 heterocycles. The van der Waals surface area contributed by atoms with Gasteiger partial charge < -0.3 is 9.97 Å². The van der Waals surface area contributed by atoms with Gasteiger partial charge in [0.25, 0.3) is 10.0 Å². The second kappa shape index (κ2) is 5.64. The minimum Gasteiger partial charge on any atom is -0.316 e. The average molecular weight is 345 g/mol. The van der Waals surface area contributed by atoms with Crippen LogP contribution >= 0.6 is 0 Å². The van der Waals surface area contributed by atoms with Gasteiger partial charge in [-0.15, -0.1) is 0 Å². The Kier molecular flexibility index (Phi) is 3.76. The zero-order chi connectivity index (χ0) is 17.5. The molecule has 0 atom stereocenters. The Morgan fingerprint density at radius 2 is 1.58 bits per heavy atom. The molecule has 8 heteroatoms. The standard InChI is InChI=1S/C16H15N3O4S/c1-9-4-3-5-12(10(9)2)19-24(22,23)11-6-7-13-14(8-11)18-16(21)15(20)17-13/h3-8,19H,1-2H3,(H,17,20)(H,18,21). The van der Waals surface area contributed by atoms with Gasteiger partial charge in [-0.2, -0.15) is 0 Å². The number of aromatic nitrogens is 2. The second-order valence-electron chi connectivity index (χ2n) is 5.47. The molecule has 124 valence electrons. The van der Waals surface area contributed by atoms with Gasteiger partial charge in [-0.3, -0.25) is 14.3 Å². The van der Waals surface area contributed by atoms with Crippen molar-refractivity contribution in [1.29, 1.82) is 0 Å². The number of hydrogen-bond acceptors (Lipinski definition) is 4. The summed E-state index contributed by atoms with van der Waals surface area (Å²) < 4.78 is 27.7. The van der Waals surface area contributed by atoms with Gasteiger partial charge in [0.1, 0.15) is 0 Å². The highest BCUT2D eigenvalue weighted by Gasteiger charge is 2.16. The molecule has 3 aromatic rings. The zero-order valence-electron chi connectivity index (χ0n) is 13.0. The predicted octanol–water partition coefficient (Wildman–Crippen LogP) is 1.63. The van der Waals surface area contributed by atoms with E-state index in [0.717, 1.165) is 11.1 Å². The van der Waals surface area contributed by atoms with E-state index in [2.05, 4.69) is 14.7 Å². The maximum absolute atomic E-state index is 12.6. The predicted molar refractivity (Wildman–Crippen MR) is 91.9 cm³/mol. The monoisotopic (exact) mass is 345 g/mol. The molecule has 0 aliphatic rings. The van der Waals surface area contributed by atoms with Crippen LogP contribution in [-0.2, 0) is 10.0 Å². The molecule has 0 fully saturated rings. The number of hydrogen-bond donors (Lipinski definition) is 3. The number of fused-ring (bicyclic) bond motifs is 1. The van der Waals surface area contributed by atoms with Gasteiger partial charge in [0, 0.05) is 0 Å². The van der Waals surface area contributed by atoms with E-state index in [-0.39, 0.29) is 10.4 Å². The molecule has 3 N–H and O–H groups in total. The van der Waals surface area contributed by atoms with E-state index >= 15 is 0 Å². The van der Waals surface area contributed by atoms with Crippen LogP contribution in [0.5, 0.6) is 0 Å². The van der Waals surface area contributed by atoms with E-state index in [1.54, 1.807) is 12.1 Å². The molecule has 0 radical (unpaired) electrons. The first kappa shape index (κ1) is 16.0. The lowest BCUT2D eigenvalue weighted by atomic mass is 10.1. The zero-order valence-corrected chi connectivity index (χ0v) is 13.8. The van der Waals surface area contributed by atoms with Crippen molar-refractivity contribution < 1.29 is 8.42 Å². The van der Waals surface area contributed by atoms with Crippen molar-refractivity contribution in [2.24, 2.45) is 0 Å². The van der Waals surface area contributed by atoms with Gasteiger partial charge >= 0.3 is 11.1 Å². The molecule has 0 aliphatic carbocycles. The summed E-state index contributed by atoms with van der Waals surface area (Å²) in [6.45, 7) is 3.72. The number of anilines is 1. The van der Waals surface area contributed by atoms with Crippen LogP contribution in [0.25, 0.3) is 11.0 Å². The Morgan fingerprint density at radius 1 is 0.917 bits per heavy atom. The average Bonchev–Trinajstić information content (AvgIpc) is 2.52. The van der Waals surface area contributed by atoms with Gasteiger partial charge in [0.15, 0.2) is 0 Å². The van der Waals surface area contributed by atoms with Crippen molar-refractivity contribution in [1.82, 2.24) is 9.97 Å². The number of H-pyrrole nitrogens is 2. The molecule has 3 rings (SSSR count). The Balaban J connectivity index is 2.08. The minimum absolute atomic E-state index is 0.0152. The third-order valence-electron chi connectivity index (χ3n) is 3.85. The molecule has 0 spiro atoms. The molecule has 1 aromatic heterocycles. The van der Waals surface area contributed by atoms with Crippen LogP contribution in [0.4, 0.5) is 5.69 Å². The van der Waals surface area contributed by atoms with Gasteiger partial charge in [-0.25, -0.2) is 8.42 Å². The van der Waals surface area contributed by atoms with E-state index in [1.807, 2.05) is 19.9 Å². The van der Waals surface area contributed by atoms with Gasteiger partial charge in [-0.05, 0) is 49.2 Å². The van der Waals surface area contributed by atoms with Crippen LogP contribution in [0, 0.1) is 13.8 Å². The van der Waals surface area contributed by atoms with Crippen LogP contribution in [0.3, 0.4) is 0 Å². The molecular weight excluding hydrogens is 330 g/mol. The Morgan fingerprint density at radius 3 is 2.29 bits per heavy atom. The number of rotatable bonds is 3. The first-order chi connectivity index (χ1) is 11.3. The van der Waals surface area contributed by atoms with E-state index in [0.29, 0.717) is 11.2 Å². The van der Waals surface area contributed by atoms with Gasteiger partial charge in [0.05, 0.1) is 21.6 Å². The summed E-state index contributed by atoms with van der Waals surface area (Å²) in [7, 11) is -3.83. The fourth-order valence-electron chi connectivity index (χ4n) is 2.33. The van der Waals surface area contributed by atoms with Crippen LogP contribution in [0.15, 0.2) is 50.9 Å². The molecule has 0 amide bonds. The minimum atomic E-state index is -3.83. The highest BCUT2D eigenvalue weighted by molar-refractivity contribution is 7.92. The molecule has 24 heavy (non-hydrogen) atoms. The summed E-state index contributed by atoms with van der Waals surface area (Å²) in [5.41, 5.74) is 1.26. The van der Waals surface area contributed by atoms with Crippen molar-refractivity contribution in [2.45, 2.75) is 18.7 Å². The molecule has 0 saturated heterocycles. The number of benzene rings is 2. The highest BCUT2D eigenvalue weighted by atomic mass is 32.2. The fraction of sp³-hybridized carbons (Fsp3) is 0.125. The lowest BCUT2D eigenvalue weighted by Crippen LogP contribution is -2.29. The number of sulfonamides is 1. The second-order valence-corrected chi connectivity index (χ2v) is 7.15. The molecule has 0 bridgehead atoms. The normalized spacial score (nSPS) is 11.6.